The fraction of sp³-hybridized carbons (Fsp3) is 0.600. The zero-order valence-electron chi connectivity index (χ0n) is 31.0. The molecule has 4 heterocycles. The van der Waals surface area contributed by atoms with E-state index in [1.54, 1.807) is 0 Å². The molecule has 31 nitrogen and oxygen atoms in total. The highest BCUT2D eigenvalue weighted by atomic mass is 32.1. The lowest BCUT2D eigenvalue weighted by Crippen LogP contribution is -2.52. The number of nitrogens with two attached hydrogens (primary N) is 1. The molecule has 12 atom stereocenters. The second-order valence-electron chi connectivity index (χ2n) is 12.6. The lowest BCUT2D eigenvalue weighted by Gasteiger charge is -2.29. The van der Waals surface area contributed by atoms with Gasteiger partial charge in [-0.25, -0.2) is 53.7 Å². The average Bonchev–Trinajstić information content (AvgIpc) is 3.46. The lowest BCUT2D eigenvalue weighted by atomic mass is 9.94. The maximum Gasteiger partial charge on any atom is 0.490 e. The molecule has 0 spiro atoms. The van der Waals surface area contributed by atoms with Gasteiger partial charge in [-0.2, -0.15) is 22.2 Å². The monoisotopic (exact) mass is 1150 g/mol. The molecule has 2 aliphatic rings. The van der Waals surface area contributed by atoms with Crippen LogP contribution in [0.5, 0.6) is 0 Å². The fourth-order valence-corrected chi connectivity index (χ4v) is 11.8. The molecule has 0 aliphatic carbocycles. The minimum absolute atomic E-state index is 0.371. The molecule has 15 N–H and O–H groups in total. The Balaban J connectivity index is 0.000000350. The number of halogens is 6. The summed E-state index contributed by atoms with van der Waals surface area (Å²) in [6.45, 7) is -7.71. The molecule has 0 bridgehead atoms. The molecular weight excluding hydrogens is 1120 g/mol. The molecule has 0 saturated carbocycles. The van der Waals surface area contributed by atoms with Gasteiger partial charge in [0, 0.05) is 12.4 Å². The van der Waals surface area contributed by atoms with E-state index in [4.69, 9.17) is 64.3 Å². The first-order chi connectivity index (χ1) is 29.5. The van der Waals surface area contributed by atoms with Gasteiger partial charge in [0.2, 0.25) is 4.77 Å². The molecule has 0 aromatic carbocycles. The molecule has 4 rings (SSSR count). The molecule has 46 heteroatoms. The molecule has 2 aromatic heterocycles. The smallest absolute Gasteiger partial charge is 0.384 e. The summed E-state index contributed by atoms with van der Waals surface area (Å²) in [6.07, 6.45) is -9.57. The quantitative estimate of drug-likeness (QED) is 0.0561. The van der Waals surface area contributed by atoms with Gasteiger partial charge < -0.3 is 79.8 Å². The number of nitrogens with one attached hydrogen (secondary N) is 1. The maximum atomic E-state index is 15.2. The molecule has 66 heavy (non-hydrogen) atoms. The second-order valence-corrected chi connectivity index (χ2v) is 22.6. The van der Waals surface area contributed by atoms with Gasteiger partial charge in [0.15, 0.2) is 58.1 Å². The van der Waals surface area contributed by atoms with Crippen molar-refractivity contribution in [2.45, 2.75) is 47.6 Å². The number of aliphatic hydroxyl groups excluding tert-OH is 2. The first-order valence-corrected chi connectivity index (χ1v) is 26.1. The molecule has 2 aliphatic heterocycles. The molecule has 380 valence electrons. The Hall–Kier alpha value is -1.22. The molecule has 2 fully saturated rings. The van der Waals surface area contributed by atoms with E-state index >= 15 is 8.78 Å². The van der Waals surface area contributed by atoms with Crippen molar-refractivity contribution in [2.75, 3.05) is 32.3 Å². The van der Waals surface area contributed by atoms with Crippen LogP contribution in [-0.2, 0) is 63.2 Å². The largest absolute Gasteiger partial charge is 0.490 e. The predicted molar refractivity (Wildman–Crippen MR) is 199 cm³/mol. The van der Waals surface area contributed by atoms with Crippen molar-refractivity contribution >= 4 is 89.4 Å². The zero-order chi connectivity index (χ0) is 51.2. The van der Waals surface area contributed by atoms with E-state index in [0.29, 0.717) is 21.5 Å². The number of nitrogens with zero attached hydrogens (tertiary/aromatic N) is 3. The van der Waals surface area contributed by atoms with Crippen LogP contribution in [0.1, 0.15) is 12.5 Å². The van der Waals surface area contributed by atoms with Gasteiger partial charge in [-0.05, 0) is 24.4 Å². The van der Waals surface area contributed by atoms with Crippen molar-refractivity contribution in [3.8, 4) is 0 Å². The van der Waals surface area contributed by atoms with Crippen molar-refractivity contribution in [1.29, 1.82) is 0 Å². The number of hydrogen-bond acceptors (Lipinski definition) is 23. The Morgan fingerprint density at radius 3 is 1.41 bits per heavy atom. The van der Waals surface area contributed by atoms with Crippen molar-refractivity contribution in [2.24, 2.45) is 0 Å². The van der Waals surface area contributed by atoms with Crippen molar-refractivity contribution in [3.05, 3.63) is 38.2 Å². The van der Waals surface area contributed by atoms with Crippen LogP contribution in [0.15, 0.2) is 12.4 Å². The molecule has 0 amide bonds. The molecule has 0 radical (unpaired) electrons. The topological polar surface area (TPSA) is 484 Å². The Labute approximate surface area is 374 Å². The minimum Gasteiger partial charge on any atom is -0.384 e. The van der Waals surface area contributed by atoms with Gasteiger partial charge in [0.25, 0.3) is 11.7 Å². The molecule has 6 unspecified atom stereocenters. The van der Waals surface area contributed by atoms with E-state index in [9.17, 15) is 75.2 Å². The van der Waals surface area contributed by atoms with Crippen LogP contribution in [0.3, 0.4) is 0 Å². The van der Waals surface area contributed by atoms with E-state index in [0.717, 1.165) is 0 Å². The van der Waals surface area contributed by atoms with Crippen molar-refractivity contribution < 1.29 is 149 Å². The van der Waals surface area contributed by atoms with Crippen molar-refractivity contribution in [1.82, 2.24) is 19.1 Å². The summed E-state index contributed by atoms with van der Waals surface area (Å²) < 4.78 is 183. The summed E-state index contributed by atoms with van der Waals surface area (Å²) in [4.78, 5) is 76.2. The van der Waals surface area contributed by atoms with E-state index in [-0.39, 0.29) is 0 Å². The molecule has 2 saturated heterocycles. The van der Waals surface area contributed by atoms with Gasteiger partial charge in [0.05, 0.1) is 0 Å². The Morgan fingerprint density at radius 1 is 0.682 bits per heavy atom. The van der Waals surface area contributed by atoms with E-state index < -0.39 is 153 Å². The third kappa shape index (κ3) is 14.4. The predicted octanol–water partition coefficient (Wildman–Crippen LogP) is 0.947. The van der Waals surface area contributed by atoms with Gasteiger partial charge in [-0.3, -0.25) is 18.2 Å². The van der Waals surface area contributed by atoms with Crippen LogP contribution in [0.4, 0.5) is 32.2 Å². The lowest BCUT2D eigenvalue weighted by molar-refractivity contribution is -0.204. The number of aromatic nitrogens is 4. The summed E-state index contributed by atoms with van der Waals surface area (Å²) in [5.41, 5.74) is -1.21. The van der Waals surface area contributed by atoms with Crippen LogP contribution in [0.2, 0.25) is 0 Å². The average molecular weight is 1150 g/mol. The summed E-state index contributed by atoms with van der Waals surface area (Å²) in [5, 5.41) is 41.0. The van der Waals surface area contributed by atoms with Gasteiger partial charge in [-0.1, -0.05) is 12.2 Å². The van der Waals surface area contributed by atoms with Gasteiger partial charge >= 0.3 is 46.9 Å². The van der Waals surface area contributed by atoms with Gasteiger partial charge in [-0.15, -0.1) is 0 Å². The van der Waals surface area contributed by atoms with Gasteiger partial charge in [0.1, 0.15) is 31.2 Å². The highest BCUT2D eigenvalue weighted by molar-refractivity contribution is 7.72. The number of ether oxygens (including phenoxy) is 2. The van der Waals surface area contributed by atoms with E-state index in [1.165, 1.54) is 0 Å². The number of H-pyrrole nitrogens is 1. The fourth-order valence-electron chi connectivity index (χ4n) is 5.03. The number of anilines is 1. The molecular formula is C20H29F6N5O26P6S3. The van der Waals surface area contributed by atoms with Crippen LogP contribution in [0, 0.1) is 25.8 Å². The first-order valence-electron chi connectivity index (χ1n) is 15.8. The highest BCUT2D eigenvalue weighted by Crippen LogP contribution is 2.68. The molecule has 2 aromatic rings. The zero-order valence-corrected chi connectivity index (χ0v) is 38.8. The second kappa shape index (κ2) is 20.5. The third-order valence-corrected chi connectivity index (χ3v) is 16.2. The highest BCUT2D eigenvalue weighted by Gasteiger charge is 2.67. The van der Waals surface area contributed by atoms with Crippen LogP contribution >= 0.6 is 83.6 Å². The standard InChI is InChI=1S/C10H15F3N3O13P3S.C10H14F3N2O13P3S2/c11-2-9(18)6(17)10(13,27-7(9)16-1-4(12)5(14)15-8(16)33)3-26-31(22,23)29-32(24,25)28-30(19,20)21;11-2-9(17)6(16)10(13,26-7(9)15-1-4(12)5(32)14-8(15)33)3-25-30(21,22)28-31(23,24)27-29(18,19)20/h1,6-7,17-18H,2-3H2,(H,22,23)(H,24,25)(H2,14,15,33)(H2,19,20,21);1,6-7,16-17H,2-3H2,(H,21,22)(H,23,24)(H,14,32,33)(H2,18,19,20)/t2*6-,7-,9?,10-/m11/s1. The Morgan fingerprint density at radius 2 is 1.05 bits per heavy atom. The summed E-state index contributed by atoms with van der Waals surface area (Å²) in [5.74, 6) is -10.7. The number of alkyl halides is 4. The number of hydrogen-bond donors (Lipinski definition) is 14. The number of aromatic amines is 1. The number of nitrogen functional groups attached to an aromatic ring is 1. The number of phosphoric acid groups is 6. The Bertz CT molecular complexity index is 2650. The summed E-state index contributed by atoms with van der Waals surface area (Å²) in [6, 6.07) is 0. The summed E-state index contributed by atoms with van der Waals surface area (Å²) >= 11 is 14.1. The third-order valence-electron chi connectivity index (χ3n) is 7.71. The van der Waals surface area contributed by atoms with Crippen molar-refractivity contribution in [3.63, 3.8) is 0 Å². The SMILES string of the molecule is Nc1nc(=S)n([C@@H]2O[C@](F)(COP(=O)(O)OP(=O)(O)OP(=O)(O)O)[C@H](O)C2(O)CF)cc1F.O=P(O)(O)OP(=O)(O)OP(=O)(O)OC[C@@]1(F)O[C@@H](n2cc(F)c(=S)[nH]c2=S)C(O)(CF)[C@H]1O. The number of rotatable bonds is 18. The van der Waals surface area contributed by atoms with E-state index in [1.807, 2.05) is 0 Å². The maximum absolute atomic E-state index is 15.2. The van der Waals surface area contributed by atoms with Crippen LogP contribution < -0.4 is 5.73 Å². The number of phosphoric ester groups is 2. The normalized spacial score (nSPS) is 31.8. The number of aliphatic hydroxyl groups is 4. The summed E-state index contributed by atoms with van der Waals surface area (Å²) in [7, 11) is -35.1. The van der Waals surface area contributed by atoms with E-state index in [2.05, 4.69) is 53.2 Å². The van der Waals surface area contributed by atoms with Crippen LogP contribution in [0.25, 0.3) is 0 Å². The Kier molecular flexibility index (Phi) is 18.3. The van der Waals surface area contributed by atoms with Crippen LogP contribution in [-0.4, -0.2) is 140 Å². The minimum atomic E-state index is -5.96. The first kappa shape index (κ1) is 59.1.